The number of rotatable bonds is 4. The smallest absolute Gasteiger partial charge is 0.0737 e. The van der Waals surface area contributed by atoms with Gasteiger partial charge in [0.2, 0.25) is 0 Å². The fraction of sp³-hybridized carbons (Fsp3) is 0.170. The third-order valence-electron chi connectivity index (χ3n) is 9.84. The lowest BCUT2D eigenvalue weighted by molar-refractivity contribution is 1.31. The van der Waals surface area contributed by atoms with Crippen molar-refractivity contribution >= 4 is 46.4 Å². The first-order chi connectivity index (χ1) is 28.0. The number of H-pyrrole nitrogens is 2. The molecule has 4 nitrogen and oxygen atoms in total. The van der Waals surface area contributed by atoms with Crippen LogP contribution in [0.25, 0.3) is 90.9 Å². The third-order valence-corrected chi connectivity index (χ3v) is 9.84. The minimum absolute atomic E-state index is 0.908. The minimum Gasteiger partial charge on any atom is -0.354 e. The Labute approximate surface area is 338 Å². The Morgan fingerprint density at radius 1 is 0.298 bits per heavy atom. The van der Waals surface area contributed by atoms with Crippen LogP contribution in [0.5, 0.6) is 0 Å². The molecular weight excluding hydrogens is 693 g/mol. The average Bonchev–Trinajstić information content (AvgIpc) is 4.11. The molecule has 0 spiro atoms. The van der Waals surface area contributed by atoms with Crippen LogP contribution in [0.1, 0.15) is 81.0 Å². The van der Waals surface area contributed by atoms with Crippen molar-refractivity contribution in [1.82, 2.24) is 19.9 Å². The standard InChI is InChI=1S/C47H36N4.3C2H6/c1-29-9-15-33(16-10-29)45-38-23-21-36(48-38)44(32-7-5-4-6-8-32)37-22-24-39(49-37)46(34-17-11-30(2)12-18-34)41-26-28-43(51-41)47(42-27-25-40(45)50-42)35-19-13-31(3)14-20-35;3*1-2/h4-28,48,51H,1-3H3;3*1-2H3. The van der Waals surface area contributed by atoms with Gasteiger partial charge in [-0.1, -0.05) is 161 Å². The van der Waals surface area contributed by atoms with E-state index in [2.05, 4.69) is 182 Å². The summed E-state index contributed by atoms with van der Waals surface area (Å²) in [6, 6.07) is 45.4. The Morgan fingerprint density at radius 3 is 0.807 bits per heavy atom. The van der Waals surface area contributed by atoms with Crippen LogP contribution < -0.4 is 0 Å². The molecule has 0 unspecified atom stereocenters. The van der Waals surface area contributed by atoms with E-state index in [0.29, 0.717) is 0 Å². The first kappa shape index (κ1) is 40.2. The Kier molecular flexibility index (Phi) is 13.0. The van der Waals surface area contributed by atoms with Crippen LogP contribution >= 0.6 is 0 Å². The van der Waals surface area contributed by atoms with E-state index >= 15 is 0 Å². The van der Waals surface area contributed by atoms with Crippen LogP contribution in [0.3, 0.4) is 0 Å². The van der Waals surface area contributed by atoms with E-state index in [-0.39, 0.29) is 0 Å². The lowest BCUT2D eigenvalue weighted by Gasteiger charge is -2.07. The van der Waals surface area contributed by atoms with Crippen molar-refractivity contribution < 1.29 is 0 Å². The molecule has 0 saturated heterocycles. The van der Waals surface area contributed by atoms with Gasteiger partial charge in [0.1, 0.15) is 0 Å². The van der Waals surface area contributed by atoms with Gasteiger partial charge in [0.25, 0.3) is 0 Å². The molecule has 286 valence electrons. The molecule has 8 bridgehead atoms. The molecule has 57 heavy (non-hydrogen) atoms. The van der Waals surface area contributed by atoms with Gasteiger partial charge >= 0.3 is 0 Å². The molecule has 0 atom stereocenters. The highest BCUT2D eigenvalue weighted by atomic mass is 14.8. The molecular formula is C53H54N4. The first-order valence-electron chi connectivity index (χ1n) is 20.4. The Bertz CT molecular complexity index is 2630. The summed E-state index contributed by atoms with van der Waals surface area (Å²) in [4.78, 5) is 18.5. The maximum Gasteiger partial charge on any atom is 0.0737 e. The van der Waals surface area contributed by atoms with Crippen LogP contribution in [0.2, 0.25) is 0 Å². The van der Waals surface area contributed by atoms with Gasteiger partial charge in [0, 0.05) is 44.3 Å². The predicted octanol–water partition coefficient (Wildman–Crippen LogP) is 15.3. The highest BCUT2D eigenvalue weighted by Crippen LogP contribution is 2.38. The van der Waals surface area contributed by atoms with Gasteiger partial charge in [0.05, 0.1) is 22.8 Å². The fourth-order valence-corrected chi connectivity index (χ4v) is 7.19. The summed E-state index contributed by atoms with van der Waals surface area (Å²) >= 11 is 0. The van der Waals surface area contributed by atoms with E-state index in [0.717, 1.165) is 89.4 Å². The van der Waals surface area contributed by atoms with Crippen molar-refractivity contribution in [2.24, 2.45) is 0 Å². The maximum absolute atomic E-state index is 5.40. The Morgan fingerprint density at radius 2 is 0.544 bits per heavy atom. The zero-order valence-electron chi connectivity index (χ0n) is 34.8. The van der Waals surface area contributed by atoms with E-state index in [1.54, 1.807) is 0 Å². The number of hydrogen-bond donors (Lipinski definition) is 2. The fourth-order valence-electron chi connectivity index (χ4n) is 7.19. The molecule has 0 radical (unpaired) electrons. The second-order valence-corrected chi connectivity index (χ2v) is 13.5. The summed E-state index contributed by atoms with van der Waals surface area (Å²) in [5.74, 6) is 0. The van der Waals surface area contributed by atoms with Gasteiger partial charge in [-0.3, -0.25) is 0 Å². The number of fused-ring (bicyclic) bond motifs is 8. The lowest BCUT2D eigenvalue weighted by atomic mass is 10.0. The molecule has 0 aliphatic carbocycles. The second kappa shape index (κ2) is 18.4. The molecule has 7 aromatic rings. The van der Waals surface area contributed by atoms with E-state index in [1.807, 2.05) is 41.5 Å². The predicted molar refractivity (Wildman–Crippen MR) is 249 cm³/mol. The van der Waals surface area contributed by atoms with Crippen LogP contribution in [0.4, 0.5) is 0 Å². The van der Waals surface area contributed by atoms with Crippen molar-refractivity contribution in [3.63, 3.8) is 0 Å². The van der Waals surface area contributed by atoms with Crippen molar-refractivity contribution in [2.45, 2.75) is 62.3 Å². The molecule has 5 heterocycles. The van der Waals surface area contributed by atoms with E-state index < -0.39 is 0 Å². The van der Waals surface area contributed by atoms with Gasteiger partial charge in [0.15, 0.2) is 0 Å². The molecule has 2 N–H and O–H groups in total. The molecule has 4 heteroatoms. The lowest BCUT2D eigenvalue weighted by Crippen LogP contribution is -1.90. The summed E-state index contributed by atoms with van der Waals surface area (Å²) in [6.45, 7) is 18.4. The topological polar surface area (TPSA) is 57.4 Å². The van der Waals surface area contributed by atoms with Crippen LogP contribution in [0, 0.1) is 20.8 Å². The minimum atomic E-state index is 0.908. The number of aryl methyl sites for hydroxylation is 3. The quantitative estimate of drug-likeness (QED) is 0.188. The van der Waals surface area contributed by atoms with Crippen molar-refractivity contribution in [1.29, 1.82) is 0 Å². The van der Waals surface area contributed by atoms with Crippen molar-refractivity contribution in [3.8, 4) is 44.5 Å². The van der Waals surface area contributed by atoms with Gasteiger partial charge in [-0.15, -0.1) is 0 Å². The Balaban J connectivity index is 0.000000876. The summed E-state index contributed by atoms with van der Waals surface area (Å²) < 4.78 is 0. The van der Waals surface area contributed by atoms with Gasteiger partial charge in [-0.05, 0) is 91.6 Å². The number of nitrogens with one attached hydrogen (secondary N) is 2. The van der Waals surface area contributed by atoms with Crippen LogP contribution in [-0.2, 0) is 0 Å². The summed E-state index contributed by atoms with van der Waals surface area (Å²) in [5, 5.41) is 0. The average molecular weight is 747 g/mol. The summed E-state index contributed by atoms with van der Waals surface area (Å²) in [7, 11) is 0. The number of nitrogens with zero attached hydrogens (tertiary/aromatic N) is 2. The number of hydrogen-bond acceptors (Lipinski definition) is 2. The third kappa shape index (κ3) is 8.36. The zero-order chi connectivity index (χ0) is 40.5. The highest BCUT2D eigenvalue weighted by Gasteiger charge is 2.19. The van der Waals surface area contributed by atoms with E-state index in [1.165, 1.54) is 16.7 Å². The maximum atomic E-state index is 5.40. The normalized spacial score (nSPS) is 11.1. The van der Waals surface area contributed by atoms with E-state index in [9.17, 15) is 0 Å². The van der Waals surface area contributed by atoms with Crippen LogP contribution in [0.15, 0.2) is 127 Å². The summed E-state index contributed by atoms with van der Waals surface area (Å²) in [6.07, 6.45) is 8.60. The number of aromatic amines is 2. The largest absolute Gasteiger partial charge is 0.354 e. The highest BCUT2D eigenvalue weighted by molar-refractivity contribution is 5.99. The molecule has 4 aromatic carbocycles. The molecule has 3 aromatic heterocycles. The molecule has 2 aliphatic rings. The molecule has 2 aliphatic heterocycles. The van der Waals surface area contributed by atoms with Crippen molar-refractivity contribution in [3.05, 3.63) is 167 Å². The summed E-state index contributed by atoms with van der Waals surface area (Å²) in [5.41, 5.74) is 19.9. The number of benzene rings is 4. The molecule has 0 fully saturated rings. The number of aromatic nitrogens is 4. The zero-order valence-corrected chi connectivity index (χ0v) is 34.8. The first-order valence-corrected chi connectivity index (χ1v) is 20.4. The van der Waals surface area contributed by atoms with Gasteiger partial charge in [-0.2, -0.15) is 0 Å². The van der Waals surface area contributed by atoms with Crippen molar-refractivity contribution in [2.75, 3.05) is 0 Å². The van der Waals surface area contributed by atoms with Gasteiger partial charge in [-0.25, -0.2) is 9.97 Å². The SMILES string of the molecule is CC.CC.CC.Cc1ccc(-c2c3nc(c(-c4ccc(C)cc4)c4ccc([nH]4)c(-c4ccc(C)cc4)c4nc(c(-c5ccccc5)c5ccc2[nH]5)C=C4)C=C3)cc1. The van der Waals surface area contributed by atoms with Gasteiger partial charge < -0.3 is 9.97 Å². The molecule has 9 rings (SSSR count). The molecule has 0 saturated carbocycles. The van der Waals surface area contributed by atoms with Crippen LogP contribution in [-0.4, -0.2) is 19.9 Å². The van der Waals surface area contributed by atoms with E-state index in [4.69, 9.17) is 9.97 Å². The Hall–Kier alpha value is -6.52. The molecule has 0 amide bonds. The monoisotopic (exact) mass is 746 g/mol. The second-order valence-electron chi connectivity index (χ2n) is 13.5.